The molecule has 0 amide bonds. The second-order valence-electron chi connectivity index (χ2n) is 9.04. The Hall–Kier alpha value is -2.52. The van der Waals surface area contributed by atoms with Crippen LogP contribution < -0.4 is 16.2 Å². The van der Waals surface area contributed by atoms with Crippen LogP contribution in [0, 0.1) is 13.8 Å². The fourth-order valence-corrected chi connectivity index (χ4v) is 4.82. The molecule has 4 N–H and O–H groups in total. The first-order chi connectivity index (χ1) is 16.0. The molecule has 33 heavy (non-hydrogen) atoms. The lowest BCUT2D eigenvalue weighted by Gasteiger charge is -2.18. The first-order valence-electron chi connectivity index (χ1n) is 11.8. The molecule has 2 aromatic heterocycles. The fraction of sp³-hybridized carbons (Fsp3) is 0.520. The molecule has 1 aliphatic carbocycles. The molecule has 1 saturated carbocycles. The van der Waals surface area contributed by atoms with E-state index in [2.05, 4.69) is 26.4 Å². The second-order valence-corrected chi connectivity index (χ2v) is 9.04. The van der Waals surface area contributed by atoms with E-state index in [9.17, 15) is 9.90 Å². The van der Waals surface area contributed by atoms with Crippen molar-refractivity contribution in [1.29, 1.82) is 0 Å². The quantitative estimate of drug-likeness (QED) is 0.278. The van der Waals surface area contributed by atoms with Gasteiger partial charge in [-0.1, -0.05) is 12.8 Å². The van der Waals surface area contributed by atoms with Gasteiger partial charge in [-0.15, -0.1) is 0 Å². The van der Waals surface area contributed by atoms with Gasteiger partial charge >= 0.3 is 0 Å². The molecule has 3 aromatic rings. The molecule has 1 unspecified atom stereocenters. The Bertz CT molecular complexity index is 1150. The van der Waals surface area contributed by atoms with Gasteiger partial charge in [-0.25, -0.2) is 0 Å². The Morgan fingerprint density at radius 1 is 1.24 bits per heavy atom. The molecule has 0 spiro atoms. The highest BCUT2D eigenvalue weighted by atomic mass is 16.5. The van der Waals surface area contributed by atoms with E-state index in [1.165, 1.54) is 12.8 Å². The third kappa shape index (κ3) is 5.35. The van der Waals surface area contributed by atoms with Crippen molar-refractivity contribution < 1.29 is 9.84 Å². The first-order valence-corrected chi connectivity index (χ1v) is 11.8. The maximum Gasteiger partial charge on any atom is 0.252 e. The zero-order valence-corrected chi connectivity index (χ0v) is 19.8. The minimum Gasteiger partial charge on any atom is -0.383 e. The fourth-order valence-electron chi connectivity index (χ4n) is 4.82. The van der Waals surface area contributed by atoms with Crippen molar-refractivity contribution >= 4 is 10.9 Å². The van der Waals surface area contributed by atoms with E-state index in [0.717, 1.165) is 52.7 Å². The van der Waals surface area contributed by atoms with E-state index in [4.69, 9.17) is 9.84 Å². The van der Waals surface area contributed by atoms with Crippen LogP contribution in [0.3, 0.4) is 0 Å². The van der Waals surface area contributed by atoms with Crippen LogP contribution in [0.1, 0.15) is 65.9 Å². The molecule has 1 aromatic carbocycles. The normalized spacial score (nSPS) is 15.5. The Morgan fingerprint density at radius 2 is 2.03 bits per heavy atom. The minimum atomic E-state index is -0.923. The van der Waals surface area contributed by atoms with Crippen LogP contribution in [0.2, 0.25) is 0 Å². The van der Waals surface area contributed by atoms with E-state index in [-0.39, 0.29) is 12.1 Å². The van der Waals surface area contributed by atoms with Crippen LogP contribution in [-0.4, -0.2) is 40.1 Å². The molecule has 0 aliphatic heterocycles. The summed E-state index contributed by atoms with van der Waals surface area (Å²) in [6.07, 6.45) is 5.67. The molecule has 8 nitrogen and oxygen atoms in total. The summed E-state index contributed by atoms with van der Waals surface area (Å²) in [5.41, 5.74) is 5.16. The Balaban J connectivity index is 1.62. The van der Waals surface area contributed by atoms with Gasteiger partial charge in [0.1, 0.15) is 6.23 Å². The summed E-state index contributed by atoms with van der Waals surface area (Å²) in [6, 6.07) is 6.55. The number of ether oxygens (including phenoxy) is 1. The first kappa shape index (κ1) is 23.6. The summed E-state index contributed by atoms with van der Waals surface area (Å²) in [4.78, 5) is 15.2. The van der Waals surface area contributed by atoms with E-state index >= 15 is 0 Å². The third-order valence-electron chi connectivity index (χ3n) is 6.55. The van der Waals surface area contributed by atoms with E-state index < -0.39 is 6.23 Å². The molecule has 1 fully saturated rings. The molecular formula is C25H35N5O3. The number of pyridine rings is 1. The number of aromatic nitrogens is 3. The lowest BCUT2D eigenvalue weighted by Crippen LogP contribution is -2.26. The summed E-state index contributed by atoms with van der Waals surface area (Å²) in [6.45, 7) is 6.13. The Morgan fingerprint density at radius 3 is 2.76 bits per heavy atom. The van der Waals surface area contributed by atoms with Gasteiger partial charge in [0, 0.05) is 49.0 Å². The van der Waals surface area contributed by atoms with Gasteiger partial charge in [0.05, 0.1) is 24.4 Å². The standard InChI is InChI=1S/C25H35N5O3/c1-16-10-17(2)29-25(32)21(16)14-27-24(31)20-11-18(13-26-8-9-33-3)12-23-22(20)15-28-30(23)19-6-4-5-7-19/h10-12,15,19,24,26-27,31H,4-9,13-14H2,1-3H3,(H,29,32). The zero-order valence-electron chi connectivity index (χ0n) is 19.8. The molecule has 1 atom stereocenters. The van der Waals surface area contributed by atoms with Crippen LogP contribution in [0.25, 0.3) is 10.9 Å². The molecule has 2 heterocycles. The number of fused-ring (bicyclic) bond motifs is 1. The van der Waals surface area contributed by atoms with Gasteiger partial charge in [0.15, 0.2) is 0 Å². The number of rotatable bonds is 10. The summed E-state index contributed by atoms with van der Waals surface area (Å²) in [5, 5.41) is 23.3. The maximum atomic E-state index is 12.4. The van der Waals surface area contributed by atoms with Gasteiger partial charge in [-0.05, 0) is 56.0 Å². The van der Waals surface area contributed by atoms with Crippen molar-refractivity contribution in [3.8, 4) is 0 Å². The number of aliphatic hydroxyl groups excluding tert-OH is 1. The lowest BCUT2D eigenvalue weighted by molar-refractivity contribution is 0.138. The Kier molecular flexibility index (Phi) is 7.60. The number of hydrogen-bond acceptors (Lipinski definition) is 6. The highest BCUT2D eigenvalue weighted by Gasteiger charge is 2.22. The summed E-state index contributed by atoms with van der Waals surface area (Å²) >= 11 is 0. The molecule has 178 valence electrons. The number of H-pyrrole nitrogens is 1. The van der Waals surface area contributed by atoms with Gasteiger partial charge < -0.3 is 20.1 Å². The van der Waals surface area contributed by atoms with Gasteiger partial charge in [0.2, 0.25) is 0 Å². The molecule has 0 radical (unpaired) electrons. The molecule has 8 heteroatoms. The number of nitrogens with zero attached hydrogens (tertiary/aromatic N) is 2. The van der Waals surface area contributed by atoms with Crippen molar-refractivity contribution in [3.05, 3.63) is 62.7 Å². The van der Waals surface area contributed by atoms with Gasteiger partial charge in [-0.2, -0.15) is 5.10 Å². The largest absolute Gasteiger partial charge is 0.383 e. The van der Waals surface area contributed by atoms with Crippen LogP contribution >= 0.6 is 0 Å². The average molecular weight is 454 g/mol. The van der Waals surface area contributed by atoms with Crippen LogP contribution in [-0.2, 0) is 17.8 Å². The highest BCUT2D eigenvalue weighted by Crippen LogP contribution is 2.34. The van der Waals surface area contributed by atoms with Crippen molar-refractivity contribution in [2.45, 2.75) is 64.9 Å². The maximum absolute atomic E-state index is 12.4. The topological polar surface area (TPSA) is 104 Å². The smallest absolute Gasteiger partial charge is 0.252 e. The molecule has 1 aliphatic rings. The third-order valence-corrected chi connectivity index (χ3v) is 6.55. The Labute approximate surface area is 194 Å². The summed E-state index contributed by atoms with van der Waals surface area (Å²) < 4.78 is 7.26. The van der Waals surface area contributed by atoms with Gasteiger partial charge in [0.25, 0.3) is 5.56 Å². The SMILES string of the molecule is COCCNCc1cc(C(O)NCc2c(C)cc(C)[nH]c2=O)c2cnn(C3CCCC3)c2c1. The summed E-state index contributed by atoms with van der Waals surface area (Å²) in [7, 11) is 1.69. The minimum absolute atomic E-state index is 0.123. The van der Waals surface area contributed by atoms with E-state index in [1.54, 1.807) is 7.11 Å². The van der Waals surface area contributed by atoms with Crippen molar-refractivity contribution in [2.24, 2.45) is 0 Å². The number of hydrogen-bond donors (Lipinski definition) is 4. The molecular weight excluding hydrogens is 418 g/mol. The predicted octanol–water partition coefficient (Wildman–Crippen LogP) is 2.97. The lowest BCUT2D eigenvalue weighted by atomic mass is 10.0. The second kappa shape index (κ2) is 10.6. The molecule has 4 rings (SSSR count). The van der Waals surface area contributed by atoms with Crippen LogP contribution in [0.15, 0.2) is 29.2 Å². The number of benzene rings is 1. The number of aromatic amines is 1. The van der Waals surface area contributed by atoms with Crippen molar-refractivity contribution in [2.75, 3.05) is 20.3 Å². The monoisotopic (exact) mass is 453 g/mol. The number of methoxy groups -OCH3 is 1. The van der Waals surface area contributed by atoms with Crippen LogP contribution in [0.4, 0.5) is 0 Å². The number of nitrogens with one attached hydrogen (secondary N) is 3. The van der Waals surface area contributed by atoms with E-state index in [1.807, 2.05) is 32.2 Å². The molecule has 0 bridgehead atoms. The van der Waals surface area contributed by atoms with Crippen molar-refractivity contribution in [1.82, 2.24) is 25.4 Å². The molecule has 0 saturated heterocycles. The van der Waals surface area contributed by atoms with E-state index in [0.29, 0.717) is 24.8 Å². The highest BCUT2D eigenvalue weighted by molar-refractivity contribution is 5.83. The van der Waals surface area contributed by atoms with Gasteiger partial charge in [-0.3, -0.25) is 14.8 Å². The predicted molar refractivity (Wildman–Crippen MR) is 129 cm³/mol. The number of aryl methyl sites for hydroxylation is 2. The van der Waals surface area contributed by atoms with Crippen molar-refractivity contribution in [3.63, 3.8) is 0 Å². The van der Waals surface area contributed by atoms with Crippen LogP contribution in [0.5, 0.6) is 0 Å². The summed E-state index contributed by atoms with van der Waals surface area (Å²) in [5.74, 6) is 0. The average Bonchev–Trinajstić information content (AvgIpc) is 3.45. The zero-order chi connectivity index (χ0) is 23.4. The number of aliphatic hydroxyl groups is 1.